The van der Waals surface area contributed by atoms with Gasteiger partial charge in [-0.1, -0.05) is 18.2 Å². The van der Waals surface area contributed by atoms with Gasteiger partial charge in [0, 0.05) is 24.7 Å². The van der Waals surface area contributed by atoms with Crippen molar-refractivity contribution in [2.75, 3.05) is 7.11 Å². The predicted octanol–water partition coefficient (Wildman–Crippen LogP) is 2.10. The van der Waals surface area contributed by atoms with Crippen molar-refractivity contribution < 1.29 is 13.2 Å². The Morgan fingerprint density at radius 3 is 2.61 bits per heavy atom. The summed E-state index contributed by atoms with van der Waals surface area (Å²) in [4.78, 5) is 0. The van der Waals surface area contributed by atoms with Gasteiger partial charge in [0.25, 0.3) is 10.0 Å². The summed E-state index contributed by atoms with van der Waals surface area (Å²) in [6.07, 6.45) is 5.70. The van der Waals surface area contributed by atoms with Gasteiger partial charge in [0.1, 0.15) is 5.75 Å². The molecule has 23 heavy (non-hydrogen) atoms. The lowest BCUT2D eigenvalue weighted by Gasteiger charge is -2.03. The fraction of sp³-hybridized carbons (Fsp3) is 0.312. The van der Waals surface area contributed by atoms with Crippen LogP contribution in [0.2, 0.25) is 0 Å². The molecule has 0 bridgehead atoms. The Morgan fingerprint density at radius 1 is 1.35 bits per heavy atom. The van der Waals surface area contributed by atoms with Crippen LogP contribution in [-0.4, -0.2) is 25.3 Å². The van der Waals surface area contributed by atoms with E-state index in [1.807, 2.05) is 30.3 Å². The third kappa shape index (κ3) is 4.67. The van der Waals surface area contributed by atoms with Crippen molar-refractivity contribution in [1.82, 2.24) is 9.78 Å². The minimum absolute atomic E-state index is 0.0630. The maximum absolute atomic E-state index is 11.8. The Balaban J connectivity index is 2.25. The van der Waals surface area contributed by atoms with Crippen LogP contribution in [0, 0.1) is 0 Å². The van der Waals surface area contributed by atoms with Crippen LogP contribution in [0.4, 0.5) is 0 Å². The highest BCUT2D eigenvalue weighted by molar-refractivity contribution is 7.89. The lowest BCUT2D eigenvalue weighted by atomic mass is 10.1. The van der Waals surface area contributed by atoms with E-state index in [1.165, 1.54) is 0 Å². The molecular weight excluding hydrogens is 314 g/mol. The summed E-state index contributed by atoms with van der Waals surface area (Å²) in [5, 5.41) is 9.35. The standard InChI is InChI=1S/C16H21N3O3S/c1-3-4-5-10-19-12-14(16(18-19)23(17,20)21)11-13-6-8-15(22-2)9-7-13/h3,6-9,12H,1,4-5,10-11H2,2H3,(H2,17,20,21). The zero-order valence-electron chi connectivity index (χ0n) is 13.1. The fourth-order valence-electron chi connectivity index (χ4n) is 2.28. The van der Waals surface area contributed by atoms with Crippen LogP contribution >= 0.6 is 0 Å². The summed E-state index contributed by atoms with van der Waals surface area (Å²) >= 11 is 0. The summed E-state index contributed by atoms with van der Waals surface area (Å²) in [7, 11) is -2.25. The number of hydrogen-bond acceptors (Lipinski definition) is 4. The van der Waals surface area contributed by atoms with Crippen molar-refractivity contribution in [2.24, 2.45) is 5.14 Å². The number of sulfonamides is 1. The molecule has 2 rings (SSSR count). The van der Waals surface area contributed by atoms with Gasteiger partial charge in [-0.15, -0.1) is 6.58 Å². The van der Waals surface area contributed by atoms with Gasteiger partial charge < -0.3 is 4.74 Å². The van der Waals surface area contributed by atoms with E-state index >= 15 is 0 Å². The fourth-order valence-corrected chi connectivity index (χ4v) is 2.99. The van der Waals surface area contributed by atoms with Gasteiger partial charge in [-0.05, 0) is 30.5 Å². The van der Waals surface area contributed by atoms with E-state index in [9.17, 15) is 8.42 Å². The maximum Gasteiger partial charge on any atom is 0.257 e. The molecule has 0 fully saturated rings. The number of aromatic nitrogens is 2. The van der Waals surface area contributed by atoms with E-state index in [1.54, 1.807) is 18.0 Å². The molecule has 0 atom stereocenters. The summed E-state index contributed by atoms with van der Waals surface area (Å²) in [6, 6.07) is 7.45. The lowest BCUT2D eigenvalue weighted by Crippen LogP contribution is -2.15. The molecule has 0 amide bonds. The number of ether oxygens (including phenoxy) is 1. The van der Waals surface area contributed by atoms with Crippen LogP contribution in [0.15, 0.2) is 48.1 Å². The first-order chi connectivity index (χ1) is 10.9. The number of primary sulfonamides is 1. The number of unbranched alkanes of at least 4 members (excludes halogenated alkanes) is 1. The van der Waals surface area contributed by atoms with Crippen LogP contribution in [0.1, 0.15) is 24.0 Å². The largest absolute Gasteiger partial charge is 0.497 e. The van der Waals surface area contributed by atoms with Crippen LogP contribution < -0.4 is 9.88 Å². The molecule has 0 spiro atoms. The highest BCUT2D eigenvalue weighted by atomic mass is 32.2. The zero-order valence-corrected chi connectivity index (χ0v) is 13.9. The Hall–Kier alpha value is -2.12. The van der Waals surface area contributed by atoms with Gasteiger partial charge >= 0.3 is 0 Å². The Labute approximate surface area is 136 Å². The number of aryl methyl sites for hydroxylation is 1. The molecule has 124 valence electrons. The summed E-state index contributed by atoms with van der Waals surface area (Å²) < 4.78 is 30.2. The van der Waals surface area contributed by atoms with E-state index in [2.05, 4.69) is 11.7 Å². The predicted molar refractivity (Wildman–Crippen MR) is 88.8 cm³/mol. The van der Waals surface area contributed by atoms with Gasteiger partial charge in [-0.25, -0.2) is 13.6 Å². The molecule has 7 heteroatoms. The van der Waals surface area contributed by atoms with Crippen molar-refractivity contribution in [3.05, 3.63) is 54.2 Å². The topological polar surface area (TPSA) is 87.2 Å². The second kappa shape index (κ2) is 7.43. The number of nitrogens with zero attached hydrogens (tertiary/aromatic N) is 2. The first kappa shape index (κ1) is 17.2. The van der Waals surface area contributed by atoms with E-state index in [-0.39, 0.29) is 5.03 Å². The maximum atomic E-state index is 11.8. The molecule has 2 aromatic rings. The molecule has 0 saturated heterocycles. The third-order valence-corrected chi connectivity index (χ3v) is 4.30. The molecule has 1 heterocycles. The van der Waals surface area contributed by atoms with Gasteiger partial charge in [0.05, 0.1) is 7.11 Å². The number of hydrogen-bond donors (Lipinski definition) is 1. The average Bonchev–Trinajstić information content (AvgIpc) is 2.91. The average molecular weight is 335 g/mol. The van der Waals surface area contributed by atoms with Crippen molar-refractivity contribution >= 4 is 10.0 Å². The Kier molecular flexibility index (Phi) is 5.57. The number of allylic oxidation sites excluding steroid dienone is 1. The van der Waals surface area contributed by atoms with Gasteiger partial charge in [0.2, 0.25) is 0 Å². The second-order valence-corrected chi connectivity index (χ2v) is 6.70. The van der Waals surface area contributed by atoms with E-state index in [4.69, 9.17) is 9.88 Å². The number of rotatable bonds is 8. The van der Waals surface area contributed by atoms with Gasteiger partial charge in [0.15, 0.2) is 5.03 Å². The van der Waals surface area contributed by atoms with Crippen LogP contribution in [0.3, 0.4) is 0 Å². The zero-order chi connectivity index (χ0) is 16.9. The number of nitrogens with two attached hydrogens (primary N) is 1. The highest BCUT2D eigenvalue weighted by Crippen LogP contribution is 2.19. The molecule has 2 N–H and O–H groups in total. The van der Waals surface area contributed by atoms with Crippen molar-refractivity contribution in [3.63, 3.8) is 0 Å². The molecule has 0 aliphatic carbocycles. The highest BCUT2D eigenvalue weighted by Gasteiger charge is 2.19. The molecule has 1 aromatic carbocycles. The molecule has 0 aliphatic rings. The van der Waals surface area contributed by atoms with E-state index in [0.717, 1.165) is 24.2 Å². The van der Waals surface area contributed by atoms with Crippen molar-refractivity contribution in [2.45, 2.75) is 30.8 Å². The van der Waals surface area contributed by atoms with Gasteiger partial charge in [-0.2, -0.15) is 5.10 Å². The van der Waals surface area contributed by atoms with Crippen LogP contribution in [-0.2, 0) is 23.0 Å². The Bertz CT molecular complexity index is 764. The number of methoxy groups -OCH3 is 1. The molecule has 0 radical (unpaired) electrons. The van der Waals surface area contributed by atoms with E-state index < -0.39 is 10.0 Å². The molecule has 6 nitrogen and oxygen atoms in total. The molecular formula is C16H21N3O3S. The SMILES string of the molecule is C=CCCCn1cc(Cc2ccc(OC)cc2)c(S(N)(=O)=O)n1. The molecule has 0 unspecified atom stereocenters. The Morgan fingerprint density at radius 2 is 2.04 bits per heavy atom. The lowest BCUT2D eigenvalue weighted by molar-refractivity contribution is 0.414. The summed E-state index contributed by atoms with van der Waals surface area (Å²) in [5.74, 6) is 0.751. The molecule has 0 aliphatic heterocycles. The van der Waals surface area contributed by atoms with Gasteiger partial charge in [-0.3, -0.25) is 4.68 Å². The van der Waals surface area contributed by atoms with Crippen molar-refractivity contribution in [1.29, 1.82) is 0 Å². The second-order valence-electron chi connectivity index (χ2n) is 5.22. The van der Waals surface area contributed by atoms with E-state index in [0.29, 0.717) is 18.5 Å². The summed E-state index contributed by atoms with van der Waals surface area (Å²) in [5.41, 5.74) is 1.55. The first-order valence-corrected chi connectivity index (χ1v) is 8.81. The van der Waals surface area contributed by atoms with Crippen LogP contribution in [0.5, 0.6) is 5.75 Å². The van der Waals surface area contributed by atoms with Crippen molar-refractivity contribution in [3.8, 4) is 5.75 Å². The van der Waals surface area contributed by atoms with Crippen LogP contribution in [0.25, 0.3) is 0 Å². The molecule has 0 saturated carbocycles. The minimum atomic E-state index is -3.85. The third-order valence-electron chi connectivity index (χ3n) is 3.42. The first-order valence-electron chi connectivity index (χ1n) is 7.27. The quantitative estimate of drug-likeness (QED) is 0.591. The summed E-state index contributed by atoms with van der Waals surface area (Å²) in [6.45, 7) is 4.29. The minimum Gasteiger partial charge on any atom is -0.497 e. The number of benzene rings is 1. The monoisotopic (exact) mass is 335 g/mol. The molecule has 1 aromatic heterocycles. The normalized spacial score (nSPS) is 11.4. The smallest absolute Gasteiger partial charge is 0.257 e.